The molecule has 0 atom stereocenters. The van der Waals surface area contributed by atoms with Gasteiger partial charge in [0.15, 0.2) is 0 Å². The van der Waals surface area contributed by atoms with Crippen LogP contribution in [0.3, 0.4) is 0 Å². The van der Waals surface area contributed by atoms with Crippen molar-refractivity contribution >= 4 is 11.8 Å². The van der Waals surface area contributed by atoms with Crippen LogP contribution in [0.5, 0.6) is 0 Å². The predicted octanol–water partition coefficient (Wildman–Crippen LogP) is 1.52. The van der Waals surface area contributed by atoms with E-state index in [1.54, 1.807) is 18.3 Å². The molecule has 0 amide bonds. The summed E-state index contributed by atoms with van der Waals surface area (Å²) < 4.78 is 0. The first-order valence-corrected chi connectivity index (χ1v) is 4.04. The minimum atomic E-state index is -0.442. The van der Waals surface area contributed by atoms with Gasteiger partial charge in [-0.15, -0.1) is 0 Å². The van der Waals surface area contributed by atoms with Gasteiger partial charge in [-0.1, -0.05) is 0 Å². The van der Waals surface area contributed by atoms with E-state index in [1.807, 2.05) is 19.0 Å². The van der Waals surface area contributed by atoms with Gasteiger partial charge in [0.05, 0.1) is 10.5 Å². The fraction of sp³-hybridized carbons (Fsp3) is 0.222. The first kappa shape index (κ1) is 10.2. The lowest BCUT2D eigenvalue weighted by atomic mass is 10.2. The Labute approximate surface area is 81.8 Å². The van der Waals surface area contributed by atoms with Gasteiger partial charge in [-0.2, -0.15) is 0 Å². The smallest absolute Gasteiger partial charge is 0.294 e. The molecule has 5 nitrogen and oxygen atoms in total. The summed E-state index contributed by atoms with van der Waals surface area (Å²) in [6, 6.07) is 1.61. The van der Waals surface area contributed by atoms with Crippen LogP contribution in [0.15, 0.2) is 24.7 Å². The van der Waals surface area contributed by atoms with Crippen LogP contribution in [-0.4, -0.2) is 28.9 Å². The van der Waals surface area contributed by atoms with Crippen molar-refractivity contribution in [1.29, 1.82) is 0 Å². The molecule has 0 saturated carbocycles. The standard InChI is InChI=1S/C9H11N3O2/c1-11(2)6-4-8-3-5-10-7-9(8)12(13)14/h3-7H,1-2H3/b6-4-. The zero-order chi connectivity index (χ0) is 10.6. The lowest BCUT2D eigenvalue weighted by Crippen LogP contribution is -2.00. The highest BCUT2D eigenvalue weighted by molar-refractivity contribution is 5.59. The van der Waals surface area contributed by atoms with Crippen LogP contribution in [0.4, 0.5) is 5.69 Å². The van der Waals surface area contributed by atoms with Crippen molar-refractivity contribution in [3.05, 3.63) is 40.3 Å². The summed E-state index contributed by atoms with van der Waals surface area (Å²) in [6.07, 6.45) is 6.21. The van der Waals surface area contributed by atoms with E-state index in [0.717, 1.165) is 0 Å². The summed E-state index contributed by atoms with van der Waals surface area (Å²) in [5, 5.41) is 10.6. The van der Waals surface area contributed by atoms with Gasteiger partial charge < -0.3 is 4.90 Å². The van der Waals surface area contributed by atoms with Gasteiger partial charge in [-0.25, -0.2) is 0 Å². The van der Waals surface area contributed by atoms with Gasteiger partial charge >= 0.3 is 0 Å². The molecule has 1 aromatic heterocycles. The molecule has 1 heterocycles. The molecule has 1 aromatic rings. The minimum Gasteiger partial charge on any atom is -0.383 e. The molecule has 74 valence electrons. The molecule has 0 aromatic carbocycles. The number of hydrogen-bond acceptors (Lipinski definition) is 4. The fourth-order valence-electron chi connectivity index (χ4n) is 0.920. The Bertz CT molecular complexity index is 361. The van der Waals surface area contributed by atoms with E-state index >= 15 is 0 Å². The molecule has 0 aliphatic rings. The van der Waals surface area contributed by atoms with Gasteiger partial charge in [0.1, 0.15) is 6.20 Å². The molecule has 0 saturated heterocycles. The Kier molecular flexibility index (Phi) is 3.17. The monoisotopic (exact) mass is 193 g/mol. The van der Waals surface area contributed by atoms with Gasteiger partial charge in [0.25, 0.3) is 5.69 Å². The highest BCUT2D eigenvalue weighted by Crippen LogP contribution is 2.17. The maximum absolute atomic E-state index is 10.6. The lowest BCUT2D eigenvalue weighted by Gasteiger charge is -2.03. The highest BCUT2D eigenvalue weighted by Gasteiger charge is 2.09. The van der Waals surface area contributed by atoms with Crippen LogP contribution in [0.2, 0.25) is 0 Å². The van der Waals surface area contributed by atoms with Crippen molar-refractivity contribution in [1.82, 2.24) is 9.88 Å². The zero-order valence-electron chi connectivity index (χ0n) is 8.04. The molecule has 14 heavy (non-hydrogen) atoms. The third-order valence-corrected chi connectivity index (χ3v) is 1.58. The molecule has 0 N–H and O–H groups in total. The summed E-state index contributed by atoms with van der Waals surface area (Å²) in [6.45, 7) is 0. The Balaban J connectivity index is 3.02. The number of aromatic nitrogens is 1. The Morgan fingerprint density at radius 2 is 2.29 bits per heavy atom. The van der Waals surface area contributed by atoms with E-state index in [1.165, 1.54) is 12.4 Å². The number of pyridine rings is 1. The zero-order valence-corrected chi connectivity index (χ0v) is 8.04. The normalized spacial score (nSPS) is 10.4. The predicted molar refractivity (Wildman–Crippen MR) is 53.6 cm³/mol. The first-order chi connectivity index (χ1) is 6.61. The van der Waals surface area contributed by atoms with Crippen molar-refractivity contribution in [3.63, 3.8) is 0 Å². The number of hydrogen-bond donors (Lipinski definition) is 0. The maximum Gasteiger partial charge on any atom is 0.294 e. The van der Waals surface area contributed by atoms with Crippen molar-refractivity contribution in [2.45, 2.75) is 0 Å². The Morgan fingerprint density at radius 1 is 1.57 bits per heavy atom. The van der Waals surface area contributed by atoms with E-state index < -0.39 is 4.92 Å². The average molecular weight is 193 g/mol. The van der Waals surface area contributed by atoms with Crippen LogP contribution in [-0.2, 0) is 0 Å². The quantitative estimate of drug-likeness (QED) is 0.539. The number of rotatable bonds is 3. The molecular formula is C9H11N3O2. The minimum absolute atomic E-state index is 0.0191. The molecule has 5 heteroatoms. The third kappa shape index (κ3) is 2.55. The van der Waals surface area contributed by atoms with Crippen molar-refractivity contribution in [2.75, 3.05) is 14.1 Å². The van der Waals surface area contributed by atoms with Crippen LogP contribution in [0.1, 0.15) is 5.56 Å². The van der Waals surface area contributed by atoms with Crippen LogP contribution in [0.25, 0.3) is 6.08 Å². The second-order valence-electron chi connectivity index (χ2n) is 2.97. The molecule has 0 bridgehead atoms. The molecule has 0 radical (unpaired) electrons. The van der Waals surface area contributed by atoms with Gasteiger partial charge in [0.2, 0.25) is 0 Å². The third-order valence-electron chi connectivity index (χ3n) is 1.58. The Hall–Kier alpha value is -1.91. The van der Waals surface area contributed by atoms with E-state index in [-0.39, 0.29) is 5.69 Å². The molecular weight excluding hydrogens is 182 g/mol. The van der Waals surface area contributed by atoms with Gasteiger partial charge in [0, 0.05) is 20.3 Å². The highest BCUT2D eigenvalue weighted by atomic mass is 16.6. The molecule has 1 rings (SSSR count). The van der Waals surface area contributed by atoms with Crippen molar-refractivity contribution in [2.24, 2.45) is 0 Å². The lowest BCUT2D eigenvalue weighted by molar-refractivity contribution is -0.385. The summed E-state index contributed by atoms with van der Waals surface area (Å²) >= 11 is 0. The largest absolute Gasteiger partial charge is 0.383 e. The summed E-state index contributed by atoms with van der Waals surface area (Å²) in [5.74, 6) is 0. The van der Waals surface area contributed by atoms with E-state index in [9.17, 15) is 10.1 Å². The van der Waals surface area contributed by atoms with Crippen molar-refractivity contribution < 1.29 is 4.92 Å². The fourth-order valence-corrected chi connectivity index (χ4v) is 0.920. The summed E-state index contributed by atoms with van der Waals surface area (Å²) in [5.41, 5.74) is 0.573. The van der Waals surface area contributed by atoms with Crippen molar-refractivity contribution in [3.8, 4) is 0 Å². The van der Waals surface area contributed by atoms with E-state index in [4.69, 9.17) is 0 Å². The average Bonchev–Trinajstić information content (AvgIpc) is 2.15. The molecule has 0 aliphatic heterocycles. The SMILES string of the molecule is CN(C)/C=C\c1ccncc1[N+](=O)[O-]. The molecule has 0 aliphatic carbocycles. The molecule has 0 unspecified atom stereocenters. The van der Waals surface area contributed by atoms with Crippen LogP contribution < -0.4 is 0 Å². The summed E-state index contributed by atoms with van der Waals surface area (Å²) in [7, 11) is 3.70. The van der Waals surface area contributed by atoms with Crippen LogP contribution in [0, 0.1) is 10.1 Å². The maximum atomic E-state index is 10.6. The number of nitrogens with zero attached hydrogens (tertiary/aromatic N) is 3. The topological polar surface area (TPSA) is 59.3 Å². The van der Waals surface area contributed by atoms with E-state index in [2.05, 4.69) is 4.98 Å². The van der Waals surface area contributed by atoms with E-state index in [0.29, 0.717) is 5.56 Å². The van der Waals surface area contributed by atoms with Gasteiger partial charge in [-0.3, -0.25) is 15.1 Å². The summed E-state index contributed by atoms with van der Waals surface area (Å²) in [4.78, 5) is 15.7. The second-order valence-corrected chi connectivity index (χ2v) is 2.97. The first-order valence-electron chi connectivity index (χ1n) is 4.04. The van der Waals surface area contributed by atoms with Gasteiger partial charge in [-0.05, 0) is 18.3 Å². The molecule has 0 fully saturated rings. The second kappa shape index (κ2) is 4.36. The van der Waals surface area contributed by atoms with Crippen LogP contribution >= 0.6 is 0 Å². The molecule has 0 spiro atoms. The Morgan fingerprint density at radius 3 is 2.86 bits per heavy atom. The number of nitro groups is 1.